The van der Waals surface area contributed by atoms with Crippen LogP contribution in [0, 0.1) is 6.92 Å². The van der Waals surface area contributed by atoms with Crippen molar-refractivity contribution < 1.29 is 35.6 Å². The Hall–Kier alpha value is -2.47. The highest BCUT2D eigenvalue weighted by Crippen LogP contribution is 2.55. The smallest absolute Gasteiger partial charge is 0.393 e. The number of alkyl halides is 6. The molecule has 1 amide bonds. The second kappa shape index (κ2) is 10.4. The topological polar surface area (TPSA) is 64.1 Å². The third-order valence-corrected chi connectivity index (χ3v) is 10.5. The molecule has 0 bridgehead atoms. The molecule has 0 unspecified atom stereocenters. The Kier molecular flexibility index (Phi) is 8.51. The number of hydrogen-bond donors (Lipinski definition) is 1. The van der Waals surface area contributed by atoms with Crippen molar-refractivity contribution in [1.82, 2.24) is 10.2 Å². The Labute approximate surface area is 195 Å². The molecule has 0 aliphatic heterocycles. The standard InChI is InChI=1S/C22H27F6N3O2Si/c1-5-34(6-2,7-3)33-20(21(23,24)25,22(26,27)28)16-9-12-17(13-10-16)29-19(32)14-18-11-8-15(4)30-31-18/h8-13H,5-7,14H2,1-4H3,(H,29,32). The molecule has 1 heterocycles. The number of aromatic nitrogens is 2. The molecule has 0 atom stereocenters. The van der Waals surface area contributed by atoms with E-state index >= 15 is 0 Å². The summed E-state index contributed by atoms with van der Waals surface area (Å²) in [4.78, 5) is 12.2. The van der Waals surface area contributed by atoms with E-state index in [4.69, 9.17) is 4.43 Å². The molecule has 0 radical (unpaired) electrons. The predicted molar refractivity (Wildman–Crippen MR) is 118 cm³/mol. The summed E-state index contributed by atoms with van der Waals surface area (Å²) in [5.41, 5.74) is -4.49. The summed E-state index contributed by atoms with van der Waals surface area (Å²) < 4.78 is 90.2. The molecular formula is C22H27F6N3O2Si. The van der Waals surface area contributed by atoms with Gasteiger partial charge in [-0.3, -0.25) is 4.79 Å². The zero-order valence-corrected chi connectivity index (χ0v) is 20.3. The van der Waals surface area contributed by atoms with Gasteiger partial charge in [0.05, 0.1) is 17.8 Å². The Morgan fingerprint density at radius 2 is 1.41 bits per heavy atom. The van der Waals surface area contributed by atoms with Crippen LogP contribution < -0.4 is 5.32 Å². The van der Waals surface area contributed by atoms with Crippen LogP contribution in [-0.4, -0.2) is 36.8 Å². The zero-order valence-electron chi connectivity index (χ0n) is 19.3. The number of nitrogens with one attached hydrogen (secondary N) is 1. The van der Waals surface area contributed by atoms with Gasteiger partial charge >= 0.3 is 12.4 Å². The van der Waals surface area contributed by atoms with Crippen molar-refractivity contribution in [3.05, 3.63) is 53.3 Å². The summed E-state index contributed by atoms with van der Waals surface area (Å²) in [5, 5.41) is 10.1. The van der Waals surface area contributed by atoms with Gasteiger partial charge < -0.3 is 9.74 Å². The van der Waals surface area contributed by atoms with Gasteiger partial charge in [-0.2, -0.15) is 36.5 Å². The van der Waals surface area contributed by atoms with E-state index in [2.05, 4.69) is 15.5 Å². The summed E-state index contributed by atoms with van der Waals surface area (Å²) in [7, 11) is -3.36. The molecule has 1 aromatic carbocycles. The van der Waals surface area contributed by atoms with E-state index in [1.165, 1.54) is 0 Å². The molecule has 0 fully saturated rings. The number of hydrogen-bond acceptors (Lipinski definition) is 4. The van der Waals surface area contributed by atoms with Gasteiger partial charge in [0, 0.05) is 11.3 Å². The highest BCUT2D eigenvalue weighted by Gasteiger charge is 2.74. The minimum atomic E-state index is -5.75. The normalized spacial score (nSPS) is 13.1. The monoisotopic (exact) mass is 507 g/mol. The molecule has 5 nitrogen and oxygen atoms in total. The third-order valence-electron chi connectivity index (χ3n) is 5.87. The van der Waals surface area contributed by atoms with Crippen molar-refractivity contribution in [2.45, 2.75) is 70.2 Å². The van der Waals surface area contributed by atoms with E-state index in [0.29, 0.717) is 23.5 Å². The number of carbonyl (C=O) groups excluding carboxylic acids is 1. The summed E-state index contributed by atoms with van der Waals surface area (Å²) >= 11 is 0. The van der Waals surface area contributed by atoms with Gasteiger partial charge in [0.1, 0.15) is 0 Å². The first-order valence-corrected chi connectivity index (χ1v) is 13.3. The summed E-state index contributed by atoms with van der Waals surface area (Å²) in [6.07, 6.45) is -11.7. The van der Waals surface area contributed by atoms with Gasteiger partial charge in [0.2, 0.25) is 5.91 Å². The second-order valence-corrected chi connectivity index (χ2v) is 12.7. The number of benzene rings is 1. The van der Waals surface area contributed by atoms with Crippen LogP contribution in [0.5, 0.6) is 0 Å². The van der Waals surface area contributed by atoms with E-state index in [0.717, 1.165) is 12.1 Å². The summed E-state index contributed by atoms with van der Waals surface area (Å²) in [5.74, 6) is -0.547. The number of anilines is 1. The lowest BCUT2D eigenvalue weighted by molar-refractivity contribution is -0.369. The highest BCUT2D eigenvalue weighted by atomic mass is 28.4. The van der Waals surface area contributed by atoms with E-state index < -0.39 is 37.7 Å². The molecule has 0 aliphatic rings. The van der Waals surface area contributed by atoms with E-state index in [-0.39, 0.29) is 30.2 Å². The van der Waals surface area contributed by atoms with Crippen molar-refractivity contribution in [2.75, 3.05) is 5.32 Å². The maximum atomic E-state index is 14.2. The summed E-state index contributed by atoms with van der Waals surface area (Å²) in [6, 6.07) is 6.94. The van der Waals surface area contributed by atoms with Crippen LogP contribution in [0.4, 0.5) is 32.0 Å². The first-order chi connectivity index (χ1) is 15.7. The van der Waals surface area contributed by atoms with Crippen LogP contribution in [0.15, 0.2) is 36.4 Å². The Balaban J connectivity index is 2.40. The lowest BCUT2D eigenvalue weighted by Gasteiger charge is -2.44. The Morgan fingerprint density at radius 3 is 1.82 bits per heavy atom. The van der Waals surface area contributed by atoms with Gasteiger partial charge in [-0.15, -0.1) is 0 Å². The number of amides is 1. The molecule has 0 aliphatic carbocycles. The Morgan fingerprint density at radius 1 is 0.882 bits per heavy atom. The minimum Gasteiger partial charge on any atom is -0.393 e. The third kappa shape index (κ3) is 5.77. The van der Waals surface area contributed by atoms with E-state index in [9.17, 15) is 31.1 Å². The van der Waals surface area contributed by atoms with Crippen LogP contribution >= 0.6 is 0 Å². The molecular weight excluding hydrogens is 480 g/mol. The lowest BCUT2D eigenvalue weighted by Crippen LogP contribution is -2.61. The van der Waals surface area contributed by atoms with Crippen LogP contribution in [0.25, 0.3) is 0 Å². The van der Waals surface area contributed by atoms with Crippen molar-refractivity contribution in [3.63, 3.8) is 0 Å². The molecule has 1 N–H and O–H groups in total. The minimum absolute atomic E-state index is 0.0389. The molecule has 0 spiro atoms. The zero-order chi connectivity index (χ0) is 25.8. The molecule has 188 valence electrons. The second-order valence-electron chi connectivity index (χ2n) is 7.99. The Bertz CT molecular complexity index is 936. The SMILES string of the molecule is CC[Si](CC)(CC)OC(c1ccc(NC(=O)Cc2ccc(C)nn2)cc1)(C(F)(F)F)C(F)(F)F. The molecule has 34 heavy (non-hydrogen) atoms. The largest absolute Gasteiger partial charge is 0.429 e. The van der Waals surface area contributed by atoms with Crippen LogP contribution in [0.3, 0.4) is 0 Å². The average Bonchev–Trinajstić information content (AvgIpc) is 2.76. The molecule has 2 aromatic rings. The van der Waals surface area contributed by atoms with Crippen molar-refractivity contribution in [3.8, 4) is 0 Å². The van der Waals surface area contributed by atoms with Crippen LogP contribution in [0.1, 0.15) is 37.7 Å². The van der Waals surface area contributed by atoms with Crippen molar-refractivity contribution >= 4 is 19.9 Å². The van der Waals surface area contributed by atoms with Gasteiger partial charge in [-0.05, 0) is 49.3 Å². The van der Waals surface area contributed by atoms with E-state index in [1.54, 1.807) is 39.8 Å². The number of aryl methyl sites for hydroxylation is 1. The fraction of sp³-hybridized carbons (Fsp3) is 0.500. The molecule has 0 saturated heterocycles. The number of carbonyl (C=O) groups is 1. The first-order valence-electron chi connectivity index (χ1n) is 10.8. The molecule has 2 rings (SSSR count). The van der Waals surface area contributed by atoms with Gasteiger partial charge in [0.25, 0.3) is 5.60 Å². The quantitative estimate of drug-likeness (QED) is 0.319. The van der Waals surface area contributed by atoms with Crippen LogP contribution in [-0.2, 0) is 21.2 Å². The highest BCUT2D eigenvalue weighted by molar-refractivity contribution is 6.73. The number of halogens is 6. The molecule has 0 saturated carbocycles. The number of nitrogens with zero attached hydrogens (tertiary/aromatic N) is 2. The first kappa shape index (κ1) is 27.8. The lowest BCUT2D eigenvalue weighted by atomic mass is 9.92. The summed E-state index contributed by atoms with van der Waals surface area (Å²) in [6.45, 7) is 6.37. The fourth-order valence-corrected chi connectivity index (χ4v) is 6.56. The van der Waals surface area contributed by atoms with Gasteiger partial charge in [0.15, 0.2) is 8.32 Å². The maximum Gasteiger partial charge on any atom is 0.429 e. The average molecular weight is 508 g/mol. The van der Waals surface area contributed by atoms with E-state index in [1.807, 2.05) is 0 Å². The van der Waals surface area contributed by atoms with Crippen molar-refractivity contribution in [2.24, 2.45) is 0 Å². The maximum absolute atomic E-state index is 14.2. The predicted octanol–water partition coefficient (Wildman–Crippen LogP) is 6.31. The fourth-order valence-electron chi connectivity index (χ4n) is 3.63. The van der Waals surface area contributed by atoms with Crippen molar-refractivity contribution in [1.29, 1.82) is 0 Å². The van der Waals surface area contributed by atoms with Gasteiger partial charge in [-0.1, -0.05) is 32.9 Å². The van der Waals surface area contributed by atoms with Crippen LogP contribution in [0.2, 0.25) is 18.1 Å². The van der Waals surface area contributed by atoms with Gasteiger partial charge in [-0.25, -0.2) is 0 Å². The number of rotatable bonds is 9. The molecule has 1 aromatic heterocycles. The molecule has 12 heteroatoms.